The van der Waals surface area contributed by atoms with Crippen LogP contribution in [0.5, 0.6) is 0 Å². The van der Waals surface area contributed by atoms with Crippen molar-refractivity contribution in [2.45, 2.75) is 79.7 Å². The zero-order valence-corrected chi connectivity index (χ0v) is 26.6. The summed E-state index contributed by atoms with van der Waals surface area (Å²) < 4.78 is 76.5. The van der Waals surface area contributed by atoms with Crippen LogP contribution in [-0.2, 0) is 32.2 Å². The molecular formula is C32H37F3N6O5S. The summed E-state index contributed by atoms with van der Waals surface area (Å²) in [4.78, 5) is 28.8. The minimum atomic E-state index is -4.88. The van der Waals surface area contributed by atoms with Crippen molar-refractivity contribution in [3.63, 3.8) is 0 Å². The van der Waals surface area contributed by atoms with Crippen LogP contribution in [0.2, 0.25) is 0 Å². The smallest absolute Gasteiger partial charge is 0.417 e. The van der Waals surface area contributed by atoms with E-state index in [0.29, 0.717) is 50.3 Å². The summed E-state index contributed by atoms with van der Waals surface area (Å²) in [5, 5.41) is 6.18. The van der Waals surface area contributed by atoms with Gasteiger partial charge in [0.25, 0.3) is 0 Å². The van der Waals surface area contributed by atoms with E-state index in [0.717, 1.165) is 23.8 Å². The lowest BCUT2D eigenvalue weighted by Gasteiger charge is -2.34. The largest absolute Gasteiger partial charge is 0.445 e. The summed E-state index contributed by atoms with van der Waals surface area (Å²) >= 11 is 0. The maximum Gasteiger partial charge on any atom is 0.417 e. The van der Waals surface area contributed by atoms with Crippen LogP contribution in [0.1, 0.15) is 55.0 Å². The standard InChI is InChI=1S/C32H37F3N6O5S/c1-21-17-28(41(38-21)23-11-15-39(16-12-23)30(43)46-20-22-7-3-2-4-8-22)40-19-24(18-26(40)29(42)37-31(36)13-14-31)47(44,45)27-10-6-5-9-25(27)32(33,34)35/h2-10,17,23-24,26H,11-16,18-20,36H2,1H3,(H,37,42)/t24-,26+/m1/s1. The van der Waals surface area contributed by atoms with Crippen LogP contribution in [0.25, 0.3) is 0 Å². The number of nitrogens with zero attached hydrogens (tertiary/aromatic N) is 4. The number of sulfone groups is 1. The lowest BCUT2D eigenvalue weighted by molar-refractivity contribution is -0.139. The van der Waals surface area contributed by atoms with Gasteiger partial charge < -0.3 is 25.6 Å². The van der Waals surface area contributed by atoms with Gasteiger partial charge in [0.1, 0.15) is 18.5 Å². The first-order chi connectivity index (χ1) is 22.2. The number of aromatic nitrogens is 2. The van der Waals surface area contributed by atoms with Crippen LogP contribution in [0.4, 0.5) is 23.8 Å². The van der Waals surface area contributed by atoms with Gasteiger partial charge in [0.15, 0.2) is 9.84 Å². The molecule has 3 fully saturated rings. The molecule has 252 valence electrons. The fourth-order valence-corrected chi connectivity index (χ4v) is 8.24. The number of likely N-dealkylation sites (tertiary alicyclic amines) is 1. The van der Waals surface area contributed by atoms with Gasteiger partial charge in [-0.05, 0) is 56.7 Å². The molecule has 3 N–H and O–H groups in total. The second-order valence-electron chi connectivity index (χ2n) is 12.6. The van der Waals surface area contributed by atoms with Crippen LogP contribution in [-0.4, -0.2) is 71.7 Å². The van der Waals surface area contributed by atoms with Crippen molar-refractivity contribution < 1.29 is 35.9 Å². The van der Waals surface area contributed by atoms with E-state index in [4.69, 9.17) is 10.5 Å². The molecule has 0 unspecified atom stereocenters. The van der Waals surface area contributed by atoms with E-state index in [2.05, 4.69) is 10.4 Å². The number of halogens is 3. The van der Waals surface area contributed by atoms with E-state index in [-0.39, 0.29) is 25.6 Å². The predicted molar refractivity (Wildman–Crippen MR) is 166 cm³/mol. The third kappa shape index (κ3) is 6.96. The molecule has 15 heteroatoms. The first kappa shape index (κ1) is 32.8. The van der Waals surface area contributed by atoms with Gasteiger partial charge in [-0.1, -0.05) is 42.5 Å². The van der Waals surface area contributed by atoms with Gasteiger partial charge in [-0.15, -0.1) is 0 Å². The maximum atomic E-state index is 13.9. The molecule has 0 spiro atoms. The minimum absolute atomic E-state index is 0.155. The molecule has 3 aromatic rings. The van der Waals surface area contributed by atoms with Crippen LogP contribution >= 0.6 is 0 Å². The van der Waals surface area contributed by atoms with Gasteiger partial charge in [0.05, 0.1) is 33.1 Å². The fraction of sp³-hybridized carbons (Fsp3) is 0.469. The summed E-state index contributed by atoms with van der Waals surface area (Å²) in [6, 6.07) is 14.0. The highest BCUT2D eigenvalue weighted by atomic mass is 32.2. The summed E-state index contributed by atoms with van der Waals surface area (Å²) in [7, 11) is -4.52. The Kier molecular flexibility index (Phi) is 8.72. The van der Waals surface area contributed by atoms with Crippen LogP contribution in [0.15, 0.2) is 65.6 Å². The number of carbonyl (C=O) groups is 2. The molecule has 47 heavy (non-hydrogen) atoms. The highest BCUT2D eigenvalue weighted by Crippen LogP contribution is 2.40. The molecule has 2 saturated heterocycles. The number of nitrogens with one attached hydrogen (secondary N) is 1. The number of amides is 2. The van der Waals surface area contributed by atoms with Crippen LogP contribution in [0.3, 0.4) is 0 Å². The molecular weight excluding hydrogens is 637 g/mol. The molecule has 1 saturated carbocycles. The average Bonchev–Trinajstić information content (AvgIpc) is 3.42. The Morgan fingerprint density at radius 3 is 2.38 bits per heavy atom. The third-order valence-electron chi connectivity index (χ3n) is 9.07. The second-order valence-corrected chi connectivity index (χ2v) is 14.8. The van der Waals surface area contributed by atoms with Crippen LogP contribution < -0.4 is 16.0 Å². The summed E-state index contributed by atoms with van der Waals surface area (Å²) in [5.74, 6) is -0.00961. The Balaban J connectivity index is 1.23. The van der Waals surface area contributed by atoms with Crippen molar-refractivity contribution in [3.05, 3.63) is 77.5 Å². The highest BCUT2D eigenvalue weighted by Gasteiger charge is 2.49. The van der Waals surface area contributed by atoms with E-state index in [1.807, 2.05) is 30.3 Å². The van der Waals surface area contributed by atoms with Gasteiger partial charge in [-0.2, -0.15) is 18.3 Å². The van der Waals surface area contributed by atoms with E-state index in [9.17, 15) is 31.2 Å². The summed E-state index contributed by atoms with van der Waals surface area (Å²) in [6.07, 6.45) is -3.37. The minimum Gasteiger partial charge on any atom is -0.445 e. The molecule has 2 aromatic carbocycles. The zero-order chi connectivity index (χ0) is 33.6. The number of anilines is 1. The fourth-order valence-electron chi connectivity index (χ4n) is 6.33. The summed E-state index contributed by atoms with van der Waals surface area (Å²) in [6.45, 7) is 2.49. The van der Waals surface area contributed by atoms with E-state index >= 15 is 0 Å². The van der Waals surface area contributed by atoms with Crippen molar-refractivity contribution in [1.29, 1.82) is 0 Å². The molecule has 2 amide bonds. The van der Waals surface area contributed by atoms with Crippen molar-refractivity contribution in [1.82, 2.24) is 20.0 Å². The topological polar surface area (TPSA) is 140 Å². The second kappa shape index (κ2) is 12.5. The van der Waals surface area contributed by atoms with Gasteiger partial charge in [-0.3, -0.25) is 4.79 Å². The number of rotatable bonds is 8. The molecule has 3 aliphatic rings. The Hall–Kier alpha value is -4.11. The molecule has 6 rings (SSSR count). The molecule has 11 nitrogen and oxygen atoms in total. The number of aryl methyl sites for hydroxylation is 1. The number of piperidine rings is 1. The Morgan fingerprint density at radius 1 is 1.06 bits per heavy atom. The number of hydrogen-bond donors (Lipinski definition) is 2. The van der Waals surface area contributed by atoms with Gasteiger partial charge in [-0.25, -0.2) is 17.9 Å². The number of carbonyl (C=O) groups excluding carboxylic acids is 2. The van der Waals surface area contributed by atoms with Crippen molar-refractivity contribution in [3.8, 4) is 0 Å². The zero-order valence-electron chi connectivity index (χ0n) is 25.8. The molecule has 1 aliphatic carbocycles. The Labute approximate surface area is 270 Å². The first-order valence-electron chi connectivity index (χ1n) is 15.5. The van der Waals surface area contributed by atoms with Crippen molar-refractivity contribution >= 4 is 27.7 Å². The van der Waals surface area contributed by atoms with E-state index in [1.165, 1.54) is 6.07 Å². The summed E-state index contributed by atoms with van der Waals surface area (Å²) in [5.41, 5.74) is 5.53. The Bertz CT molecular complexity index is 1740. The van der Waals surface area contributed by atoms with Crippen LogP contribution in [0, 0.1) is 6.92 Å². The molecule has 0 bridgehead atoms. The number of benzene rings is 2. The Morgan fingerprint density at radius 2 is 1.72 bits per heavy atom. The van der Waals surface area contributed by atoms with E-state index < -0.39 is 55.4 Å². The van der Waals surface area contributed by atoms with Gasteiger partial charge in [0, 0.05) is 25.7 Å². The third-order valence-corrected chi connectivity index (χ3v) is 11.3. The molecule has 1 aromatic heterocycles. The van der Waals surface area contributed by atoms with Gasteiger partial charge >= 0.3 is 12.3 Å². The average molecular weight is 675 g/mol. The molecule has 2 atom stereocenters. The first-order valence-corrected chi connectivity index (χ1v) is 17.1. The molecule has 2 aliphatic heterocycles. The maximum absolute atomic E-state index is 13.9. The number of alkyl halides is 3. The number of hydrogen-bond acceptors (Lipinski definition) is 8. The lowest BCUT2D eigenvalue weighted by Crippen LogP contribution is -2.52. The van der Waals surface area contributed by atoms with Crippen molar-refractivity contribution in [2.24, 2.45) is 5.73 Å². The molecule has 3 heterocycles. The number of nitrogens with two attached hydrogens (primary N) is 1. The predicted octanol–water partition coefficient (Wildman–Crippen LogP) is 4.17. The quantitative estimate of drug-likeness (QED) is 0.340. The van der Waals surface area contributed by atoms with Gasteiger partial charge in [0.2, 0.25) is 5.91 Å². The molecule has 0 radical (unpaired) electrons. The normalized spacial score (nSPS) is 21.5. The van der Waals surface area contributed by atoms with Crippen molar-refractivity contribution in [2.75, 3.05) is 24.5 Å². The monoisotopic (exact) mass is 674 g/mol. The highest BCUT2D eigenvalue weighted by molar-refractivity contribution is 7.92. The van der Waals surface area contributed by atoms with E-state index in [1.54, 1.807) is 27.5 Å². The number of ether oxygens (including phenoxy) is 1. The lowest BCUT2D eigenvalue weighted by atomic mass is 10.1. The SMILES string of the molecule is Cc1cc(N2C[C@H](S(=O)(=O)c3ccccc3C(F)(F)F)C[C@H]2C(=O)NC2(N)CC2)n(C2CCN(C(=O)OCc3ccccc3)CC2)n1.